The third-order valence-corrected chi connectivity index (χ3v) is 3.35. The van der Waals surface area contributed by atoms with Crippen molar-refractivity contribution in [3.63, 3.8) is 0 Å². The summed E-state index contributed by atoms with van der Waals surface area (Å²) in [7, 11) is 0. The minimum Gasteiger partial charge on any atom is -0.483 e. The van der Waals surface area contributed by atoms with E-state index in [1.165, 1.54) is 6.07 Å². The minimum atomic E-state index is -1.01. The number of aryl methyl sites for hydroxylation is 1. The zero-order valence-corrected chi connectivity index (χ0v) is 11.6. The molecule has 20 heavy (non-hydrogen) atoms. The van der Waals surface area contributed by atoms with Crippen LogP contribution in [-0.2, 0) is 4.79 Å². The van der Waals surface area contributed by atoms with Gasteiger partial charge < -0.3 is 15.2 Å². The first-order valence-corrected chi connectivity index (χ1v) is 6.74. The highest BCUT2D eigenvalue weighted by Crippen LogP contribution is 2.21. The molecule has 1 aromatic carbocycles. The topological polar surface area (TPSA) is 75.6 Å². The fourth-order valence-corrected chi connectivity index (χ4v) is 2.24. The van der Waals surface area contributed by atoms with Crippen molar-refractivity contribution in [2.45, 2.75) is 6.92 Å². The van der Waals surface area contributed by atoms with Crippen molar-refractivity contribution in [3.8, 4) is 5.75 Å². The van der Waals surface area contributed by atoms with Gasteiger partial charge in [-0.3, -0.25) is 4.79 Å². The van der Waals surface area contributed by atoms with Gasteiger partial charge in [-0.2, -0.15) is 0 Å². The van der Waals surface area contributed by atoms with Crippen LogP contribution in [0.2, 0.25) is 0 Å². The molecule has 2 aromatic rings. The van der Waals surface area contributed by atoms with Gasteiger partial charge in [0.15, 0.2) is 6.61 Å². The number of hydrogen-bond donors (Lipinski definition) is 2. The molecule has 5 nitrogen and oxygen atoms in total. The van der Waals surface area contributed by atoms with E-state index in [1.807, 2.05) is 25.1 Å². The first-order chi connectivity index (χ1) is 9.54. The molecule has 1 amide bonds. The number of carbonyl (C=O) groups is 2. The molecule has 0 unspecified atom stereocenters. The summed E-state index contributed by atoms with van der Waals surface area (Å²) >= 11 is 1.06. The van der Waals surface area contributed by atoms with Gasteiger partial charge in [0.1, 0.15) is 10.6 Å². The van der Waals surface area contributed by atoms with Crippen LogP contribution in [0, 0.1) is 6.92 Å². The van der Waals surface area contributed by atoms with Crippen molar-refractivity contribution >= 4 is 28.9 Å². The van der Waals surface area contributed by atoms with Gasteiger partial charge in [-0.15, -0.1) is 11.3 Å². The summed E-state index contributed by atoms with van der Waals surface area (Å²) in [6.45, 7) is 1.77. The van der Waals surface area contributed by atoms with Gasteiger partial charge in [-0.05, 0) is 24.6 Å². The first-order valence-electron chi connectivity index (χ1n) is 5.86. The molecule has 0 saturated heterocycles. The van der Waals surface area contributed by atoms with Gasteiger partial charge >= 0.3 is 5.97 Å². The summed E-state index contributed by atoms with van der Waals surface area (Å²) in [4.78, 5) is 22.6. The number of rotatable bonds is 5. The first kappa shape index (κ1) is 14.1. The monoisotopic (exact) mass is 291 g/mol. The molecule has 2 rings (SSSR count). The van der Waals surface area contributed by atoms with E-state index < -0.39 is 5.97 Å². The van der Waals surface area contributed by atoms with Crippen LogP contribution in [0.5, 0.6) is 5.75 Å². The van der Waals surface area contributed by atoms with Crippen molar-refractivity contribution in [3.05, 3.63) is 46.2 Å². The highest BCUT2D eigenvalue weighted by Gasteiger charge is 2.09. The molecule has 0 aliphatic carbocycles. The summed E-state index contributed by atoms with van der Waals surface area (Å²) in [6.07, 6.45) is 0. The van der Waals surface area contributed by atoms with Gasteiger partial charge in [-0.25, -0.2) is 4.79 Å². The van der Waals surface area contributed by atoms with E-state index in [0.717, 1.165) is 16.9 Å². The Labute approximate surface area is 119 Å². The number of carbonyl (C=O) groups excluding carboxylic acids is 1. The van der Waals surface area contributed by atoms with E-state index in [2.05, 4.69) is 5.32 Å². The van der Waals surface area contributed by atoms with Crippen LogP contribution >= 0.6 is 11.3 Å². The van der Waals surface area contributed by atoms with Crippen LogP contribution in [0.15, 0.2) is 35.7 Å². The Hall–Kier alpha value is -2.34. The molecule has 0 radical (unpaired) electrons. The highest BCUT2D eigenvalue weighted by molar-refractivity contribution is 7.12. The Bertz CT molecular complexity index is 636. The summed E-state index contributed by atoms with van der Waals surface area (Å²) in [5, 5.41) is 13.0. The average Bonchev–Trinajstić information content (AvgIpc) is 2.85. The van der Waals surface area contributed by atoms with Gasteiger partial charge in [-0.1, -0.05) is 12.1 Å². The van der Waals surface area contributed by atoms with Gasteiger partial charge in [0.05, 0.1) is 0 Å². The van der Waals surface area contributed by atoms with Gasteiger partial charge in [0.25, 0.3) is 5.91 Å². The fourth-order valence-electron chi connectivity index (χ4n) is 1.58. The van der Waals surface area contributed by atoms with E-state index in [-0.39, 0.29) is 17.4 Å². The molecule has 2 N–H and O–H groups in total. The van der Waals surface area contributed by atoms with Crippen LogP contribution in [0.3, 0.4) is 0 Å². The maximum atomic E-state index is 11.7. The maximum Gasteiger partial charge on any atom is 0.346 e. The average molecular weight is 291 g/mol. The largest absolute Gasteiger partial charge is 0.483 e. The Morgan fingerprint density at radius 3 is 2.80 bits per heavy atom. The number of ether oxygens (including phenoxy) is 1. The highest BCUT2D eigenvalue weighted by atomic mass is 32.1. The number of hydrogen-bond acceptors (Lipinski definition) is 4. The Balaban J connectivity index is 1.87. The quantitative estimate of drug-likeness (QED) is 0.888. The minimum absolute atomic E-state index is 0.163. The zero-order chi connectivity index (χ0) is 14.5. The lowest BCUT2D eigenvalue weighted by atomic mass is 10.2. The summed E-state index contributed by atoms with van der Waals surface area (Å²) < 4.78 is 5.24. The molecule has 0 saturated carbocycles. The number of nitrogens with one attached hydrogen (secondary N) is 1. The van der Waals surface area contributed by atoms with Gasteiger partial charge in [0.2, 0.25) is 0 Å². The van der Waals surface area contributed by atoms with Crippen LogP contribution in [0.25, 0.3) is 0 Å². The van der Waals surface area contributed by atoms with Gasteiger partial charge in [0, 0.05) is 17.1 Å². The second kappa shape index (κ2) is 6.21. The zero-order valence-electron chi connectivity index (χ0n) is 10.8. The van der Waals surface area contributed by atoms with Crippen molar-refractivity contribution in [1.29, 1.82) is 0 Å². The lowest BCUT2D eigenvalue weighted by Gasteiger charge is -2.06. The van der Waals surface area contributed by atoms with E-state index in [4.69, 9.17) is 9.84 Å². The van der Waals surface area contributed by atoms with Crippen LogP contribution in [0.4, 0.5) is 5.69 Å². The number of carboxylic acids is 1. The molecular weight excluding hydrogens is 278 g/mol. The van der Waals surface area contributed by atoms with Crippen molar-refractivity contribution in [2.24, 2.45) is 0 Å². The fraction of sp³-hybridized carbons (Fsp3) is 0.143. The SMILES string of the molecule is Cc1cccc(NC(=O)COc2csc(C(=O)O)c2)c1. The number of carboxylic acid groups (broad SMARTS) is 1. The summed E-state index contributed by atoms with van der Waals surface area (Å²) in [5.74, 6) is -0.917. The third kappa shape index (κ3) is 3.83. The number of amides is 1. The molecule has 0 atom stereocenters. The summed E-state index contributed by atoms with van der Waals surface area (Å²) in [6, 6.07) is 8.82. The molecule has 0 aliphatic heterocycles. The van der Waals surface area contributed by atoms with E-state index in [1.54, 1.807) is 11.4 Å². The standard InChI is InChI=1S/C14H13NO4S/c1-9-3-2-4-10(5-9)15-13(16)7-19-11-6-12(14(17)18)20-8-11/h2-6,8H,7H2,1H3,(H,15,16)(H,17,18). The van der Waals surface area contributed by atoms with Crippen LogP contribution in [-0.4, -0.2) is 23.6 Å². The Kier molecular flexibility index (Phi) is 4.37. The normalized spacial score (nSPS) is 10.1. The molecule has 0 aliphatic rings. The maximum absolute atomic E-state index is 11.7. The van der Waals surface area contributed by atoms with Crippen molar-refractivity contribution < 1.29 is 19.4 Å². The molecule has 0 fully saturated rings. The Morgan fingerprint density at radius 2 is 2.15 bits per heavy atom. The molecule has 0 spiro atoms. The van der Waals surface area contributed by atoms with Crippen molar-refractivity contribution in [1.82, 2.24) is 0 Å². The number of benzene rings is 1. The molecular formula is C14H13NO4S. The molecule has 1 heterocycles. The molecule has 6 heteroatoms. The van der Waals surface area contributed by atoms with E-state index >= 15 is 0 Å². The predicted octanol–water partition coefficient (Wildman–Crippen LogP) is 2.77. The molecule has 1 aromatic heterocycles. The lowest BCUT2D eigenvalue weighted by molar-refractivity contribution is -0.118. The number of thiophene rings is 1. The summed E-state index contributed by atoms with van der Waals surface area (Å²) in [5.41, 5.74) is 1.75. The second-order valence-corrected chi connectivity index (χ2v) is 5.07. The molecule has 104 valence electrons. The van der Waals surface area contributed by atoms with Crippen LogP contribution in [0.1, 0.15) is 15.2 Å². The number of aromatic carboxylic acids is 1. The second-order valence-electron chi connectivity index (χ2n) is 4.16. The van der Waals surface area contributed by atoms with Crippen LogP contribution < -0.4 is 10.1 Å². The third-order valence-electron chi connectivity index (χ3n) is 2.46. The van der Waals surface area contributed by atoms with Crippen molar-refractivity contribution in [2.75, 3.05) is 11.9 Å². The Morgan fingerprint density at radius 1 is 1.35 bits per heavy atom. The number of anilines is 1. The lowest BCUT2D eigenvalue weighted by Crippen LogP contribution is -2.20. The van der Waals surface area contributed by atoms with E-state index in [0.29, 0.717) is 11.4 Å². The van der Waals surface area contributed by atoms with E-state index in [9.17, 15) is 9.59 Å². The smallest absolute Gasteiger partial charge is 0.346 e. The predicted molar refractivity (Wildman–Crippen MR) is 76.6 cm³/mol. The molecule has 0 bridgehead atoms.